The van der Waals surface area contributed by atoms with Gasteiger partial charge in [-0.15, -0.1) is 0 Å². The molecule has 0 aliphatic carbocycles. The molecule has 19 heavy (non-hydrogen) atoms. The fraction of sp³-hybridized carbons (Fsp3) is 0.750. The van der Waals surface area contributed by atoms with Crippen LogP contribution in [0.4, 0.5) is 0 Å². The molecule has 114 valence electrons. The van der Waals surface area contributed by atoms with E-state index in [1.807, 2.05) is 6.92 Å². The van der Waals surface area contributed by atoms with Crippen LogP contribution in [0.2, 0.25) is 0 Å². The third kappa shape index (κ3) is 11.9. The third-order valence-electron chi connectivity index (χ3n) is 2.19. The summed E-state index contributed by atoms with van der Waals surface area (Å²) >= 11 is 0. The number of hydrogen-bond donors (Lipinski definition) is 2. The Morgan fingerprint density at radius 3 is 2.16 bits per heavy atom. The Bertz CT molecular complexity index is 364. The molecule has 0 aromatic rings. The molecule has 0 saturated heterocycles. The van der Waals surface area contributed by atoms with Gasteiger partial charge in [-0.2, -0.15) is 8.42 Å². The van der Waals surface area contributed by atoms with Gasteiger partial charge >= 0.3 is 5.97 Å². The number of nitrogens with two attached hydrogens (primary N) is 1. The van der Waals surface area contributed by atoms with E-state index in [1.165, 1.54) is 0 Å². The van der Waals surface area contributed by atoms with E-state index in [4.69, 9.17) is 10.3 Å². The highest BCUT2D eigenvalue weighted by atomic mass is 32.2. The summed E-state index contributed by atoms with van der Waals surface area (Å²) in [6.45, 7) is 9.27. The maximum absolute atomic E-state index is 10.5. The fourth-order valence-corrected chi connectivity index (χ4v) is 2.12. The molecule has 0 aliphatic heterocycles. The van der Waals surface area contributed by atoms with E-state index in [-0.39, 0.29) is 12.6 Å². The van der Waals surface area contributed by atoms with Crippen molar-refractivity contribution in [2.45, 2.75) is 45.3 Å². The molecule has 0 heterocycles. The fourth-order valence-electron chi connectivity index (χ4n) is 1.16. The molecule has 0 amide bonds. The smallest absolute Gasteiger partial charge is 0.333 e. The lowest BCUT2D eigenvalue weighted by Crippen LogP contribution is -2.18. The lowest BCUT2D eigenvalue weighted by atomic mass is 10.2. The molecule has 0 aromatic heterocycles. The second-order valence-electron chi connectivity index (χ2n) is 4.04. The van der Waals surface area contributed by atoms with Crippen molar-refractivity contribution in [3.8, 4) is 0 Å². The van der Waals surface area contributed by atoms with Crippen molar-refractivity contribution < 1.29 is 22.5 Å². The second kappa shape index (κ2) is 11.0. The lowest BCUT2D eigenvalue weighted by molar-refractivity contribution is -0.138. The van der Waals surface area contributed by atoms with Crippen molar-refractivity contribution >= 4 is 16.1 Å². The standard InChI is InChI=1S/C6H11NO2.C6H14O3S/c1-5(2)6(8)9-4-3-7;1-3-5-6(4-2)10(7,8)9/h1,3-4,7H2,2H3;6H,3-5H2,1-2H3,(H,7,8,9). The molecule has 0 fully saturated rings. The molecule has 0 bridgehead atoms. The van der Waals surface area contributed by atoms with Crippen LogP contribution in [0.3, 0.4) is 0 Å². The molecule has 0 aliphatic rings. The molecule has 7 heteroatoms. The summed E-state index contributed by atoms with van der Waals surface area (Å²) in [5, 5.41) is -0.558. The van der Waals surface area contributed by atoms with Gasteiger partial charge in [0, 0.05) is 12.1 Å². The van der Waals surface area contributed by atoms with E-state index in [0.29, 0.717) is 25.0 Å². The second-order valence-corrected chi connectivity index (χ2v) is 5.74. The first kappa shape index (κ1) is 20.4. The quantitative estimate of drug-likeness (QED) is 0.419. The van der Waals surface area contributed by atoms with E-state index < -0.39 is 15.4 Å². The largest absolute Gasteiger partial charge is 0.461 e. The zero-order valence-electron chi connectivity index (χ0n) is 11.9. The van der Waals surface area contributed by atoms with Crippen molar-refractivity contribution in [1.82, 2.24) is 0 Å². The summed E-state index contributed by atoms with van der Waals surface area (Å²) in [5.74, 6) is -0.375. The molecule has 0 rings (SSSR count). The highest BCUT2D eigenvalue weighted by molar-refractivity contribution is 7.86. The number of rotatable bonds is 7. The summed E-state index contributed by atoms with van der Waals surface area (Å²) < 4.78 is 34.2. The Morgan fingerprint density at radius 1 is 1.42 bits per heavy atom. The van der Waals surface area contributed by atoms with Gasteiger partial charge in [-0.1, -0.05) is 26.8 Å². The Balaban J connectivity index is 0. The van der Waals surface area contributed by atoms with Gasteiger partial charge in [0.1, 0.15) is 6.61 Å². The van der Waals surface area contributed by atoms with Crippen LogP contribution >= 0.6 is 0 Å². The summed E-state index contributed by atoms with van der Waals surface area (Å²) in [6, 6.07) is 0. The molecular weight excluding hydrogens is 270 g/mol. The molecule has 1 atom stereocenters. The Labute approximate surface area is 115 Å². The van der Waals surface area contributed by atoms with Crippen molar-refractivity contribution in [2.24, 2.45) is 5.73 Å². The van der Waals surface area contributed by atoms with Crippen LogP contribution in [-0.2, 0) is 19.6 Å². The van der Waals surface area contributed by atoms with Gasteiger partial charge in [-0.25, -0.2) is 4.79 Å². The van der Waals surface area contributed by atoms with Crippen molar-refractivity contribution in [3.63, 3.8) is 0 Å². The van der Waals surface area contributed by atoms with E-state index >= 15 is 0 Å². The van der Waals surface area contributed by atoms with E-state index in [1.54, 1.807) is 13.8 Å². The Hall–Kier alpha value is -0.920. The molecular formula is C12H25NO5S. The monoisotopic (exact) mass is 295 g/mol. The average molecular weight is 295 g/mol. The highest BCUT2D eigenvalue weighted by Crippen LogP contribution is 2.09. The number of carbonyl (C=O) groups excluding carboxylic acids is 1. The van der Waals surface area contributed by atoms with Gasteiger partial charge < -0.3 is 10.5 Å². The van der Waals surface area contributed by atoms with Gasteiger partial charge in [0.05, 0.1) is 5.25 Å². The van der Waals surface area contributed by atoms with E-state index in [9.17, 15) is 13.2 Å². The number of esters is 1. The van der Waals surface area contributed by atoms with Gasteiger partial charge in [0.15, 0.2) is 0 Å². The summed E-state index contributed by atoms with van der Waals surface area (Å²) in [4.78, 5) is 10.5. The van der Waals surface area contributed by atoms with Crippen LogP contribution in [0.5, 0.6) is 0 Å². The predicted octanol–water partition coefficient (Wildman–Crippen LogP) is 1.52. The molecule has 0 spiro atoms. The van der Waals surface area contributed by atoms with E-state index in [0.717, 1.165) is 6.42 Å². The lowest BCUT2D eigenvalue weighted by Gasteiger charge is -2.08. The van der Waals surface area contributed by atoms with Crippen molar-refractivity contribution in [3.05, 3.63) is 12.2 Å². The molecule has 0 radical (unpaired) electrons. The first-order valence-electron chi connectivity index (χ1n) is 6.19. The van der Waals surface area contributed by atoms with Crippen LogP contribution in [0.25, 0.3) is 0 Å². The van der Waals surface area contributed by atoms with Crippen LogP contribution < -0.4 is 5.73 Å². The van der Waals surface area contributed by atoms with Crippen LogP contribution in [0.1, 0.15) is 40.0 Å². The van der Waals surface area contributed by atoms with Crippen molar-refractivity contribution in [2.75, 3.05) is 13.2 Å². The van der Waals surface area contributed by atoms with Gasteiger partial charge in [-0.05, 0) is 19.8 Å². The Kier molecular flexibility index (Phi) is 11.8. The first-order valence-corrected chi connectivity index (χ1v) is 7.69. The number of ether oxygens (including phenoxy) is 1. The highest BCUT2D eigenvalue weighted by Gasteiger charge is 2.18. The predicted molar refractivity (Wildman–Crippen MR) is 75.4 cm³/mol. The molecule has 3 N–H and O–H groups in total. The third-order valence-corrected chi connectivity index (χ3v) is 3.60. The number of hydrogen-bond acceptors (Lipinski definition) is 5. The SMILES string of the molecule is C=C(C)C(=O)OCCN.CCCC(CC)S(=O)(=O)O. The number of carbonyl (C=O) groups is 1. The summed E-state index contributed by atoms with van der Waals surface area (Å²) in [5.41, 5.74) is 5.48. The van der Waals surface area contributed by atoms with Crippen LogP contribution in [-0.4, -0.2) is 37.3 Å². The summed E-state index contributed by atoms with van der Waals surface area (Å²) in [7, 11) is -3.78. The summed E-state index contributed by atoms with van der Waals surface area (Å²) in [6.07, 6.45) is 1.83. The normalized spacial score (nSPS) is 12.1. The minimum Gasteiger partial charge on any atom is -0.461 e. The van der Waals surface area contributed by atoms with Gasteiger partial charge in [0.25, 0.3) is 10.1 Å². The first-order chi connectivity index (χ1) is 8.70. The maximum atomic E-state index is 10.5. The minimum atomic E-state index is -3.78. The average Bonchev–Trinajstić information content (AvgIpc) is 2.32. The zero-order valence-corrected chi connectivity index (χ0v) is 12.7. The van der Waals surface area contributed by atoms with Crippen LogP contribution in [0, 0.1) is 0 Å². The topological polar surface area (TPSA) is 107 Å². The molecule has 0 aromatic carbocycles. The Morgan fingerprint density at radius 2 is 1.95 bits per heavy atom. The molecule has 6 nitrogen and oxygen atoms in total. The van der Waals surface area contributed by atoms with E-state index in [2.05, 4.69) is 11.3 Å². The minimum absolute atomic E-state index is 0.270. The van der Waals surface area contributed by atoms with Crippen molar-refractivity contribution in [1.29, 1.82) is 0 Å². The maximum Gasteiger partial charge on any atom is 0.333 e. The zero-order chi connectivity index (χ0) is 15.5. The molecule has 0 saturated carbocycles. The molecule has 1 unspecified atom stereocenters. The van der Waals surface area contributed by atoms with Gasteiger partial charge in [0.2, 0.25) is 0 Å². The van der Waals surface area contributed by atoms with Crippen LogP contribution in [0.15, 0.2) is 12.2 Å². The van der Waals surface area contributed by atoms with Gasteiger partial charge in [-0.3, -0.25) is 4.55 Å².